The van der Waals surface area contributed by atoms with Crippen molar-refractivity contribution in [2.24, 2.45) is 7.05 Å². The van der Waals surface area contributed by atoms with E-state index >= 15 is 0 Å². The third kappa shape index (κ3) is 4.49. The quantitative estimate of drug-likeness (QED) is 0.232. The van der Waals surface area contributed by atoms with Crippen LogP contribution in [0.4, 0.5) is 17.5 Å². The highest BCUT2D eigenvalue weighted by molar-refractivity contribution is 6.03. The Morgan fingerprint density at radius 2 is 1.72 bits per heavy atom. The second kappa shape index (κ2) is 9.85. The molecule has 0 radical (unpaired) electrons. The Balaban J connectivity index is 1.31. The van der Waals surface area contributed by atoms with Crippen molar-refractivity contribution < 1.29 is 9.59 Å². The van der Waals surface area contributed by atoms with Crippen LogP contribution in [-0.4, -0.2) is 50.4 Å². The molecule has 15 heteroatoms. The molecule has 39 heavy (non-hydrogen) atoms. The Morgan fingerprint density at radius 1 is 1.00 bits per heavy atom. The molecule has 0 aliphatic heterocycles. The number of aromatic nitrogens is 8. The van der Waals surface area contributed by atoms with Gasteiger partial charge >= 0.3 is 5.69 Å². The van der Waals surface area contributed by atoms with Crippen LogP contribution in [0, 0.1) is 0 Å². The Bertz CT molecular complexity index is 1860. The van der Waals surface area contributed by atoms with Crippen molar-refractivity contribution in [2.45, 2.75) is 33.4 Å². The number of imidazole rings is 2. The highest BCUT2D eigenvalue weighted by Crippen LogP contribution is 2.17. The number of aryl methyl sites for hydroxylation is 2. The molecule has 4 aromatic heterocycles. The van der Waals surface area contributed by atoms with Crippen LogP contribution in [0.15, 0.2) is 40.2 Å². The summed E-state index contributed by atoms with van der Waals surface area (Å²) >= 11 is 0. The van der Waals surface area contributed by atoms with Crippen molar-refractivity contribution in [1.29, 1.82) is 0 Å². The summed E-state index contributed by atoms with van der Waals surface area (Å²) in [6, 6.07) is 6.65. The highest BCUT2D eigenvalue weighted by atomic mass is 16.2. The van der Waals surface area contributed by atoms with E-state index in [4.69, 9.17) is 5.73 Å². The Kier molecular flexibility index (Phi) is 6.39. The van der Waals surface area contributed by atoms with Crippen molar-refractivity contribution in [2.75, 3.05) is 16.4 Å². The van der Waals surface area contributed by atoms with Gasteiger partial charge in [0.05, 0.1) is 12.7 Å². The van der Waals surface area contributed by atoms with Gasteiger partial charge in [-0.25, -0.2) is 14.8 Å². The molecule has 0 aliphatic carbocycles. The fourth-order valence-electron chi connectivity index (χ4n) is 4.29. The van der Waals surface area contributed by atoms with E-state index in [0.29, 0.717) is 29.0 Å². The molecule has 200 valence electrons. The first-order chi connectivity index (χ1) is 18.7. The van der Waals surface area contributed by atoms with Crippen molar-refractivity contribution in [3.63, 3.8) is 0 Å². The number of amides is 2. The SMILES string of the molecule is CCn1c(=O)c2c(nc(C(=O)Nc3ccc(CC(=O)Nc4nc(N)c5[nH]cnc5n4)cc3)n2C)n(CC)c1=O. The first-order valence-corrected chi connectivity index (χ1v) is 12.1. The average molecular weight is 532 g/mol. The van der Waals surface area contributed by atoms with Crippen molar-refractivity contribution in [3.8, 4) is 0 Å². The number of rotatable bonds is 7. The molecule has 0 saturated heterocycles. The lowest BCUT2D eigenvalue weighted by atomic mass is 10.1. The summed E-state index contributed by atoms with van der Waals surface area (Å²) in [5.41, 5.74) is 7.16. The molecule has 0 spiro atoms. The van der Waals surface area contributed by atoms with E-state index in [1.165, 1.54) is 15.5 Å². The number of anilines is 3. The van der Waals surface area contributed by atoms with Crippen LogP contribution in [0.5, 0.6) is 0 Å². The number of benzene rings is 1. The van der Waals surface area contributed by atoms with E-state index in [1.807, 2.05) is 0 Å². The van der Waals surface area contributed by atoms with Gasteiger partial charge in [0.25, 0.3) is 11.5 Å². The lowest BCUT2D eigenvalue weighted by Crippen LogP contribution is -2.39. The number of nitrogens with zero attached hydrogens (tertiary/aromatic N) is 7. The Hall–Kier alpha value is -5.34. The molecular formula is C24H25N11O4. The maximum Gasteiger partial charge on any atom is 0.332 e. The Morgan fingerprint density at radius 3 is 2.41 bits per heavy atom. The summed E-state index contributed by atoms with van der Waals surface area (Å²) in [6.45, 7) is 3.96. The van der Waals surface area contributed by atoms with Gasteiger partial charge in [0.2, 0.25) is 17.7 Å². The van der Waals surface area contributed by atoms with Crippen molar-refractivity contribution >= 4 is 51.6 Å². The molecule has 0 atom stereocenters. The van der Waals surface area contributed by atoms with Gasteiger partial charge in [-0.2, -0.15) is 9.97 Å². The maximum atomic E-state index is 13.0. The second-order valence-electron chi connectivity index (χ2n) is 8.65. The van der Waals surface area contributed by atoms with Gasteiger partial charge in [0, 0.05) is 25.8 Å². The monoisotopic (exact) mass is 531 g/mol. The lowest BCUT2D eigenvalue weighted by molar-refractivity contribution is -0.115. The fourth-order valence-corrected chi connectivity index (χ4v) is 4.29. The molecule has 5 aromatic rings. The summed E-state index contributed by atoms with van der Waals surface area (Å²) < 4.78 is 3.86. The van der Waals surface area contributed by atoms with Crippen LogP contribution < -0.4 is 27.6 Å². The first-order valence-electron chi connectivity index (χ1n) is 12.1. The van der Waals surface area contributed by atoms with E-state index < -0.39 is 17.2 Å². The molecule has 2 amide bonds. The minimum atomic E-state index is -0.555. The van der Waals surface area contributed by atoms with Crippen molar-refractivity contribution in [1.82, 2.24) is 38.6 Å². The summed E-state index contributed by atoms with van der Waals surface area (Å²) in [5, 5.41) is 5.34. The maximum absolute atomic E-state index is 13.0. The lowest BCUT2D eigenvalue weighted by Gasteiger charge is -2.08. The molecule has 4 heterocycles. The number of nitrogens with two attached hydrogens (primary N) is 1. The number of nitrogens with one attached hydrogen (secondary N) is 3. The number of hydrogen-bond donors (Lipinski definition) is 4. The van der Waals surface area contributed by atoms with Crippen LogP contribution in [0.2, 0.25) is 0 Å². The van der Waals surface area contributed by atoms with Gasteiger partial charge in [-0.3, -0.25) is 28.8 Å². The Labute approximate surface area is 219 Å². The first kappa shape index (κ1) is 25.3. The van der Waals surface area contributed by atoms with E-state index in [0.717, 1.165) is 4.57 Å². The zero-order valence-corrected chi connectivity index (χ0v) is 21.3. The van der Waals surface area contributed by atoms with Crippen LogP contribution in [-0.2, 0) is 31.4 Å². The van der Waals surface area contributed by atoms with Gasteiger partial charge in [-0.05, 0) is 31.5 Å². The van der Waals surface area contributed by atoms with Crippen LogP contribution in [0.25, 0.3) is 22.3 Å². The summed E-state index contributed by atoms with van der Waals surface area (Å²) in [4.78, 5) is 70.4. The average Bonchev–Trinajstić information content (AvgIpc) is 3.51. The van der Waals surface area contributed by atoms with Gasteiger partial charge in [0.1, 0.15) is 5.52 Å². The van der Waals surface area contributed by atoms with Crippen LogP contribution in [0.1, 0.15) is 30.0 Å². The number of aromatic amines is 1. The zero-order valence-electron chi connectivity index (χ0n) is 21.3. The third-order valence-electron chi connectivity index (χ3n) is 6.22. The largest absolute Gasteiger partial charge is 0.382 e. The van der Waals surface area contributed by atoms with Gasteiger partial charge < -0.3 is 20.6 Å². The predicted octanol–water partition coefficient (Wildman–Crippen LogP) is 0.618. The third-order valence-corrected chi connectivity index (χ3v) is 6.22. The topological polar surface area (TPSA) is 200 Å². The number of hydrogen-bond acceptors (Lipinski definition) is 9. The minimum Gasteiger partial charge on any atom is -0.382 e. The minimum absolute atomic E-state index is 0.0193. The van der Waals surface area contributed by atoms with Crippen LogP contribution in [0.3, 0.4) is 0 Å². The molecule has 1 aromatic carbocycles. The second-order valence-corrected chi connectivity index (χ2v) is 8.65. The highest BCUT2D eigenvalue weighted by Gasteiger charge is 2.22. The molecule has 0 unspecified atom stereocenters. The number of carbonyl (C=O) groups excluding carboxylic acids is 2. The summed E-state index contributed by atoms with van der Waals surface area (Å²) in [6.07, 6.45) is 1.46. The number of nitrogen functional groups attached to an aromatic ring is 1. The smallest absolute Gasteiger partial charge is 0.332 e. The number of H-pyrrole nitrogens is 1. The van der Waals surface area contributed by atoms with E-state index in [2.05, 4.69) is 35.6 Å². The fraction of sp³-hybridized carbons (Fsp3) is 0.250. The van der Waals surface area contributed by atoms with E-state index in [9.17, 15) is 19.2 Å². The normalized spacial score (nSPS) is 11.3. The molecular weight excluding hydrogens is 506 g/mol. The summed E-state index contributed by atoms with van der Waals surface area (Å²) in [7, 11) is 1.55. The standard InChI is InChI=1S/C24H25N11O4/c1-4-34-19-16(22(38)35(5-2)24(34)39)33(3)20(32-19)21(37)28-13-8-6-12(7-9-13)10-14(36)29-23-30-17(25)15-18(31-23)27-11-26-15/h6-9,11H,4-5,10H2,1-3H3,(H,28,37)(H4,25,26,27,29,30,31,36). The van der Waals surface area contributed by atoms with Gasteiger partial charge in [-0.1, -0.05) is 12.1 Å². The predicted molar refractivity (Wildman–Crippen MR) is 143 cm³/mol. The molecule has 15 nitrogen and oxygen atoms in total. The molecule has 5 rings (SSSR count). The summed E-state index contributed by atoms with van der Waals surface area (Å²) in [5.74, 6) is -0.722. The van der Waals surface area contributed by atoms with E-state index in [-0.39, 0.29) is 47.6 Å². The molecule has 5 N–H and O–H groups in total. The van der Waals surface area contributed by atoms with Gasteiger partial charge in [0.15, 0.2) is 22.6 Å². The number of carbonyl (C=O) groups is 2. The molecule has 0 fully saturated rings. The molecule has 0 aliphatic rings. The zero-order chi connectivity index (χ0) is 27.8. The molecule has 0 bridgehead atoms. The number of fused-ring (bicyclic) bond motifs is 2. The van der Waals surface area contributed by atoms with E-state index in [1.54, 1.807) is 45.2 Å². The van der Waals surface area contributed by atoms with Crippen molar-refractivity contribution in [3.05, 3.63) is 62.8 Å². The van der Waals surface area contributed by atoms with Crippen LogP contribution >= 0.6 is 0 Å². The molecule has 0 saturated carbocycles. The van der Waals surface area contributed by atoms with Gasteiger partial charge in [-0.15, -0.1) is 0 Å².